The molecule has 0 amide bonds. The number of hydrogen-bond donors (Lipinski definition) is 0. The summed E-state index contributed by atoms with van der Waals surface area (Å²) >= 11 is 0. The summed E-state index contributed by atoms with van der Waals surface area (Å²) in [5, 5.41) is 20.0. The predicted octanol–water partition coefficient (Wildman–Crippen LogP) is 11.7. The van der Waals surface area contributed by atoms with Crippen molar-refractivity contribution in [3.63, 3.8) is 0 Å². The molecule has 1 aliphatic carbocycles. The summed E-state index contributed by atoms with van der Waals surface area (Å²) in [6.07, 6.45) is 6.59. The van der Waals surface area contributed by atoms with Crippen LogP contribution >= 0.6 is 0 Å². The predicted molar refractivity (Wildman–Crippen MR) is 216 cm³/mol. The van der Waals surface area contributed by atoms with E-state index in [-0.39, 0.29) is 22.2 Å². The molecule has 0 atom stereocenters. The van der Waals surface area contributed by atoms with Crippen molar-refractivity contribution in [2.24, 2.45) is 0 Å². The summed E-state index contributed by atoms with van der Waals surface area (Å²) in [5.41, 5.74) is 14.5. The fourth-order valence-corrected chi connectivity index (χ4v) is 8.74. The first-order valence-corrected chi connectivity index (χ1v) is 18.4. The van der Waals surface area contributed by atoms with Crippen LogP contribution in [-0.4, -0.2) is 9.97 Å². The first kappa shape index (κ1) is 33.1. The largest absolute Gasteiger partial charge is 0.310 e. The van der Waals surface area contributed by atoms with Gasteiger partial charge in [-0.2, -0.15) is 10.5 Å². The highest BCUT2D eigenvalue weighted by Crippen LogP contribution is 2.53. The molecule has 0 saturated carbocycles. The Balaban J connectivity index is 1.13. The van der Waals surface area contributed by atoms with Crippen molar-refractivity contribution < 1.29 is 0 Å². The van der Waals surface area contributed by atoms with E-state index in [0.29, 0.717) is 11.4 Å². The molecule has 6 nitrogen and oxygen atoms in total. The molecule has 3 heterocycles. The third-order valence-electron chi connectivity index (χ3n) is 11.5. The van der Waals surface area contributed by atoms with E-state index in [1.807, 2.05) is 24.3 Å². The van der Waals surface area contributed by atoms with E-state index >= 15 is 0 Å². The highest BCUT2D eigenvalue weighted by molar-refractivity contribution is 5.88. The van der Waals surface area contributed by atoms with Gasteiger partial charge in [0, 0.05) is 39.0 Å². The first-order valence-electron chi connectivity index (χ1n) is 18.4. The summed E-state index contributed by atoms with van der Waals surface area (Å²) in [6.45, 7) is 9.22. The number of anilines is 5. The van der Waals surface area contributed by atoms with Gasteiger partial charge in [0.05, 0.1) is 28.5 Å². The zero-order chi connectivity index (χ0) is 37.2. The van der Waals surface area contributed by atoms with E-state index in [2.05, 4.69) is 159 Å². The minimum atomic E-state index is -0.153. The van der Waals surface area contributed by atoms with Crippen LogP contribution in [0.5, 0.6) is 0 Å². The molecule has 0 unspecified atom stereocenters. The Bertz CT molecular complexity index is 2580. The molecule has 1 aromatic heterocycles. The van der Waals surface area contributed by atoms with Crippen molar-refractivity contribution in [1.82, 2.24) is 9.97 Å². The van der Waals surface area contributed by atoms with Crippen molar-refractivity contribution in [1.29, 1.82) is 10.5 Å². The van der Waals surface area contributed by atoms with Crippen molar-refractivity contribution in [2.45, 2.75) is 51.4 Å². The average Bonchev–Trinajstić information content (AvgIpc) is 3.21. The van der Waals surface area contributed by atoms with Crippen molar-refractivity contribution >= 4 is 28.4 Å². The Morgan fingerprint density at radius 3 is 1.44 bits per heavy atom. The Hall–Kier alpha value is -6.76. The van der Waals surface area contributed by atoms with Gasteiger partial charge in [-0.05, 0) is 83.6 Å². The molecule has 3 aliphatic rings. The zero-order valence-corrected chi connectivity index (χ0v) is 30.8. The van der Waals surface area contributed by atoms with Crippen LogP contribution in [0.1, 0.15) is 68.6 Å². The lowest BCUT2D eigenvalue weighted by atomic mass is 9.70. The fourth-order valence-electron chi connectivity index (χ4n) is 8.74. The highest BCUT2D eigenvalue weighted by atomic mass is 15.2. The summed E-state index contributed by atoms with van der Waals surface area (Å²) in [4.78, 5) is 14.2. The van der Waals surface area contributed by atoms with E-state index in [4.69, 9.17) is 9.97 Å². The SMILES string of the molecule is CC1(C)C2=C(C=CCC2)N(c2ccc(-c3nc(C#N)c(C#N)nc3-c3ccc(N4c5ccccc5C(C)(C)c5ccccc54)cc3)cc2)c2ccccc21. The van der Waals surface area contributed by atoms with Gasteiger partial charge in [0.1, 0.15) is 12.1 Å². The van der Waals surface area contributed by atoms with Crippen LogP contribution in [0.3, 0.4) is 0 Å². The van der Waals surface area contributed by atoms with E-state index in [1.54, 1.807) is 0 Å². The van der Waals surface area contributed by atoms with Crippen LogP contribution in [0.4, 0.5) is 28.4 Å². The molecule has 0 radical (unpaired) electrons. The molecule has 5 aromatic carbocycles. The van der Waals surface area contributed by atoms with Gasteiger partial charge >= 0.3 is 0 Å². The number of benzene rings is 5. The number of rotatable bonds is 4. The minimum absolute atomic E-state index is 0.00848. The standard InChI is InChI=1S/C48H38N6/c1-47(2)35-13-5-9-17-41(35)53(42-18-10-6-14-36(42)47)33-25-21-31(22-26-33)45-46(52-40(30-50)39(29-49)51-45)32-23-27-34(28-24-32)54-43-19-11-7-15-37(43)48(3,4)38-16-8-12-20-44(38)54/h5-7,9-15,17-28H,8,16H2,1-4H3. The quantitative estimate of drug-likeness (QED) is 0.182. The summed E-state index contributed by atoms with van der Waals surface area (Å²) in [5.74, 6) is 0. The number of nitrogens with zero attached hydrogens (tertiary/aromatic N) is 6. The minimum Gasteiger partial charge on any atom is -0.310 e. The molecule has 260 valence electrons. The van der Waals surface area contributed by atoms with Gasteiger partial charge in [-0.1, -0.05) is 113 Å². The summed E-state index contributed by atoms with van der Waals surface area (Å²) in [7, 11) is 0. The van der Waals surface area contributed by atoms with E-state index < -0.39 is 0 Å². The zero-order valence-electron chi connectivity index (χ0n) is 30.8. The van der Waals surface area contributed by atoms with Crippen LogP contribution in [0, 0.1) is 22.7 Å². The first-order chi connectivity index (χ1) is 26.2. The summed E-state index contributed by atoms with van der Waals surface area (Å²) in [6, 6.07) is 46.6. The van der Waals surface area contributed by atoms with Gasteiger partial charge in [-0.15, -0.1) is 0 Å². The van der Waals surface area contributed by atoms with Crippen molar-refractivity contribution in [3.8, 4) is 34.7 Å². The average molecular weight is 699 g/mol. The van der Waals surface area contributed by atoms with Crippen LogP contribution in [-0.2, 0) is 10.8 Å². The number of nitriles is 2. The third-order valence-corrected chi connectivity index (χ3v) is 11.5. The normalized spacial score (nSPS) is 16.0. The molecule has 0 fully saturated rings. The van der Waals surface area contributed by atoms with Crippen LogP contribution in [0.2, 0.25) is 0 Å². The molecule has 0 N–H and O–H groups in total. The summed E-state index contributed by atoms with van der Waals surface area (Å²) < 4.78 is 0. The second-order valence-corrected chi connectivity index (χ2v) is 15.2. The Morgan fingerprint density at radius 1 is 0.537 bits per heavy atom. The van der Waals surface area contributed by atoms with Gasteiger partial charge in [-0.3, -0.25) is 0 Å². The van der Waals surface area contributed by atoms with Crippen molar-refractivity contribution in [2.75, 3.05) is 9.80 Å². The highest BCUT2D eigenvalue weighted by Gasteiger charge is 2.39. The molecule has 0 saturated heterocycles. The number of aromatic nitrogens is 2. The van der Waals surface area contributed by atoms with E-state index in [1.165, 1.54) is 33.6 Å². The lowest BCUT2D eigenvalue weighted by Gasteiger charge is -2.44. The maximum absolute atomic E-state index is 9.99. The Labute approximate surface area is 316 Å². The molecule has 0 bridgehead atoms. The maximum Gasteiger partial charge on any atom is 0.177 e. The second-order valence-electron chi connectivity index (χ2n) is 15.2. The molecule has 9 rings (SSSR count). The molecule has 2 aliphatic heterocycles. The number of allylic oxidation sites excluding steroid dienone is 3. The Morgan fingerprint density at radius 2 is 0.963 bits per heavy atom. The molecule has 6 aromatic rings. The topological polar surface area (TPSA) is 79.8 Å². The molecular formula is C48H38N6. The molecule has 6 heteroatoms. The monoisotopic (exact) mass is 698 g/mol. The van der Waals surface area contributed by atoms with Gasteiger partial charge < -0.3 is 9.80 Å². The number of fused-ring (bicyclic) bond motifs is 3. The lowest BCUT2D eigenvalue weighted by molar-refractivity contribution is 0.571. The molecule has 0 spiro atoms. The lowest BCUT2D eigenvalue weighted by Crippen LogP contribution is -2.34. The maximum atomic E-state index is 9.99. The fraction of sp³-hybridized carbons (Fsp3) is 0.167. The van der Waals surface area contributed by atoms with Gasteiger partial charge in [0.2, 0.25) is 0 Å². The second kappa shape index (κ2) is 12.4. The number of para-hydroxylation sites is 3. The van der Waals surface area contributed by atoms with E-state index in [0.717, 1.165) is 46.7 Å². The van der Waals surface area contributed by atoms with Gasteiger partial charge in [0.15, 0.2) is 11.4 Å². The Kier molecular flexibility index (Phi) is 7.62. The van der Waals surface area contributed by atoms with Crippen LogP contribution in [0.15, 0.2) is 145 Å². The van der Waals surface area contributed by atoms with E-state index in [9.17, 15) is 10.5 Å². The van der Waals surface area contributed by atoms with Gasteiger partial charge in [0.25, 0.3) is 0 Å². The number of hydrogen-bond acceptors (Lipinski definition) is 6. The molecular weight excluding hydrogens is 661 g/mol. The van der Waals surface area contributed by atoms with Crippen LogP contribution in [0.25, 0.3) is 22.5 Å². The van der Waals surface area contributed by atoms with Crippen molar-refractivity contribution in [3.05, 3.63) is 173 Å². The molecule has 54 heavy (non-hydrogen) atoms. The van der Waals surface area contributed by atoms with Crippen LogP contribution < -0.4 is 9.80 Å². The smallest absolute Gasteiger partial charge is 0.177 e. The third kappa shape index (κ3) is 4.99. The van der Waals surface area contributed by atoms with Gasteiger partial charge in [-0.25, -0.2) is 9.97 Å².